The van der Waals surface area contributed by atoms with E-state index in [1.807, 2.05) is 43.3 Å². The highest BCUT2D eigenvalue weighted by molar-refractivity contribution is 7.22. The van der Waals surface area contributed by atoms with E-state index in [-0.39, 0.29) is 17.6 Å². The van der Waals surface area contributed by atoms with Gasteiger partial charge in [0.1, 0.15) is 5.69 Å². The van der Waals surface area contributed by atoms with Gasteiger partial charge in [-0.3, -0.25) is 15.1 Å². The van der Waals surface area contributed by atoms with Crippen LogP contribution < -0.4 is 16.4 Å². The zero-order chi connectivity index (χ0) is 24.8. The van der Waals surface area contributed by atoms with E-state index < -0.39 is 0 Å². The number of thiazole rings is 1. The molecule has 0 aliphatic heterocycles. The normalized spacial score (nSPS) is 10.9. The van der Waals surface area contributed by atoms with Gasteiger partial charge in [0.2, 0.25) is 0 Å². The highest BCUT2D eigenvalue weighted by Gasteiger charge is 2.17. The van der Waals surface area contributed by atoms with Crippen LogP contribution in [-0.4, -0.2) is 58.9 Å². The zero-order valence-corrected chi connectivity index (χ0v) is 20.4. The molecule has 0 saturated carbocycles. The molecule has 9 nitrogen and oxygen atoms in total. The third-order valence-electron chi connectivity index (χ3n) is 5.25. The van der Waals surface area contributed by atoms with E-state index in [0.717, 1.165) is 15.8 Å². The average molecular weight is 490 g/mol. The molecule has 10 heteroatoms. The van der Waals surface area contributed by atoms with Crippen LogP contribution in [0.2, 0.25) is 0 Å². The molecule has 2 aromatic heterocycles. The van der Waals surface area contributed by atoms with Crippen LogP contribution in [0.1, 0.15) is 16.1 Å². The maximum atomic E-state index is 13.1. The Morgan fingerprint density at radius 3 is 2.46 bits per heavy atom. The first kappa shape index (κ1) is 24.1. The Bertz CT molecular complexity index is 1290. The molecule has 4 N–H and O–H groups in total. The van der Waals surface area contributed by atoms with Crippen LogP contribution in [0.15, 0.2) is 66.9 Å². The molecular formula is C25H27N7O2S. The number of hydrogen-bond donors (Lipinski definition) is 3. The van der Waals surface area contributed by atoms with Crippen molar-refractivity contribution in [3.8, 4) is 0 Å². The fraction of sp³-hybridized carbons (Fsp3) is 0.200. The van der Waals surface area contributed by atoms with Gasteiger partial charge < -0.3 is 20.9 Å². The van der Waals surface area contributed by atoms with Gasteiger partial charge in [0.25, 0.3) is 5.91 Å². The summed E-state index contributed by atoms with van der Waals surface area (Å²) in [6.45, 7) is 1.55. The second kappa shape index (κ2) is 10.9. The first-order valence-corrected chi connectivity index (χ1v) is 11.9. The molecule has 35 heavy (non-hydrogen) atoms. The molecule has 3 amide bonds. The topological polar surface area (TPSA) is 116 Å². The first-order valence-electron chi connectivity index (χ1n) is 11.1. The van der Waals surface area contributed by atoms with E-state index in [2.05, 4.69) is 20.6 Å². The zero-order valence-electron chi connectivity index (χ0n) is 19.6. The number of carbonyl (C=O) groups excluding carboxylic acids is 2. The Morgan fingerprint density at radius 1 is 0.971 bits per heavy atom. The smallest absolute Gasteiger partial charge is 0.323 e. The van der Waals surface area contributed by atoms with Gasteiger partial charge in [-0.05, 0) is 50.0 Å². The van der Waals surface area contributed by atoms with Gasteiger partial charge >= 0.3 is 6.03 Å². The minimum absolute atomic E-state index is 0.243. The quantitative estimate of drug-likeness (QED) is 0.321. The number of nitrogen functional groups attached to an aromatic ring is 1. The Kier molecular flexibility index (Phi) is 7.54. The van der Waals surface area contributed by atoms with Crippen LogP contribution >= 0.6 is 11.3 Å². The van der Waals surface area contributed by atoms with Gasteiger partial charge in [-0.25, -0.2) is 9.78 Å². The maximum absolute atomic E-state index is 13.1. The second-order valence-corrected chi connectivity index (χ2v) is 9.27. The number of aromatic nitrogens is 2. The Morgan fingerprint density at radius 2 is 1.74 bits per heavy atom. The van der Waals surface area contributed by atoms with Crippen molar-refractivity contribution in [2.75, 3.05) is 43.6 Å². The van der Waals surface area contributed by atoms with Crippen LogP contribution in [-0.2, 0) is 6.54 Å². The number of fused-ring (bicyclic) bond motifs is 1. The molecule has 0 aliphatic carbocycles. The highest BCUT2D eigenvalue weighted by Crippen LogP contribution is 2.25. The number of benzene rings is 2. The molecule has 0 bridgehead atoms. The molecular weight excluding hydrogens is 462 g/mol. The molecule has 0 atom stereocenters. The minimum Gasteiger partial charge on any atom is -0.397 e. The molecule has 0 radical (unpaired) electrons. The van der Waals surface area contributed by atoms with Crippen molar-refractivity contribution in [1.29, 1.82) is 0 Å². The number of likely N-dealkylation sites (N-methyl/N-ethyl adjacent to an activating group) is 1. The van der Waals surface area contributed by atoms with Gasteiger partial charge in [0.15, 0.2) is 5.13 Å². The Hall–Kier alpha value is -4.02. The van der Waals surface area contributed by atoms with Gasteiger partial charge in [-0.1, -0.05) is 41.7 Å². The molecule has 2 heterocycles. The predicted molar refractivity (Wildman–Crippen MR) is 141 cm³/mol. The lowest BCUT2D eigenvalue weighted by Crippen LogP contribution is -2.39. The van der Waals surface area contributed by atoms with Gasteiger partial charge in [-0.2, -0.15) is 0 Å². The number of nitrogens with two attached hydrogens (primary N) is 1. The number of para-hydroxylation sites is 3. The monoisotopic (exact) mass is 489 g/mol. The third-order valence-corrected chi connectivity index (χ3v) is 6.20. The predicted octanol–water partition coefficient (Wildman–Crippen LogP) is 4.12. The molecule has 2 aromatic carbocycles. The van der Waals surface area contributed by atoms with E-state index in [0.29, 0.717) is 36.1 Å². The van der Waals surface area contributed by atoms with Crippen molar-refractivity contribution < 1.29 is 9.59 Å². The number of rotatable bonds is 8. The maximum Gasteiger partial charge on any atom is 0.323 e. The lowest BCUT2D eigenvalue weighted by Gasteiger charge is -2.24. The number of urea groups is 1. The summed E-state index contributed by atoms with van der Waals surface area (Å²) in [6, 6.07) is 18.0. The first-order chi connectivity index (χ1) is 16.9. The molecule has 0 saturated heterocycles. The lowest BCUT2D eigenvalue weighted by molar-refractivity contribution is 0.102. The van der Waals surface area contributed by atoms with Crippen LogP contribution in [0.25, 0.3) is 10.2 Å². The number of nitrogens with one attached hydrogen (secondary N) is 2. The number of anilines is 3. The van der Waals surface area contributed by atoms with E-state index in [1.54, 1.807) is 47.5 Å². The summed E-state index contributed by atoms with van der Waals surface area (Å²) in [5.41, 5.74) is 8.82. The summed E-state index contributed by atoms with van der Waals surface area (Å²) in [5, 5.41) is 6.23. The largest absolute Gasteiger partial charge is 0.397 e. The number of nitrogens with zero attached hydrogens (tertiary/aromatic N) is 4. The van der Waals surface area contributed by atoms with Crippen molar-refractivity contribution in [2.24, 2.45) is 0 Å². The minimum atomic E-state index is -0.354. The Balaban J connectivity index is 1.44. The van der Waals surface area contributed by atoms with E-state index in [4.69, 9.17) is 5.73 Å². The Labute approximate surface area is 207 Å². The van der Waals surface area contributed by atoms with Crippen molar-refractivity contribution in [2.45, 2.75) is 6.54 Å². The lowest BCUT2D eigenvalue weighted by atomic mass is 10.2. The fourth-order valence-corrected chi connectivity index (χ4v) is 4.19. The molecule has 0 unspecified atom stereocenters. The van der Waals surface area contributed by atoms with Crippen LogP contribution in [0.3, 0.4) is 0 Å². The number of pyridine rings is 1. The molecule has 4 aromatic rings. The van der Waals surface area contributed by atoms with Gasteiger partial charge in [0.05, 0.1) is 21.6 Å². The number of amides is 3. The van der Waals surface area contributed by atoms with Crippen molar-refractivity contribution in [3.63, 3.8) is 0 Å². The molecule has 180 valence electrons. The van der Waals surface area contributed by atoms with E-state index in [9.17, 15) is 9.59 Å². The summed E-state index contributed by atoms with van der Waals surface area (Å²) >= 11 is 1.43. The third kappa shape index (κ3) is 6.31. The van der Waals surface area contributed by atoms with E-state index >= 15 is 0 Å². The van der Waals surface area contributed by atoms with Gasteiger partial charge in [-0.15, -0.1) is 0 Å². The summed E-state index contributed by atoms with van der Waals surface area (Å²) < 4.78 is 1.01. The SMILES string of the molecule is CN(C)CCN(Cc1ccc(C(=O)Nc2ccccc2N)nc1)C(=O)Nc1nc2ccccc2s1. The fourth-order valence-electron chi connectivity index (χ4n) is 3.34. The van der Waals surface area contributed by atoms with Crippen LogP contribution in [0.5, 0.6) is 0 Å². The molecule has 0 fully saturated rings. The van der Waals surface area contributed by atoms with Crippen molar-refractivity contribution in [3.05, 3.63) is 78.1 Å². The van der Waals surface area contributed by atoms with Crippen LogP contribution in [0.4, 0.5) is 21.3 Å². The van der Waals surface area contributed by atoms with Crippen molar-refractivity contribution in [1.82, 2.24) is 19.8 Å². The second-order valence-electron chi connectivity index (χ2n) is 8.23. The molecule has 0 spiro atoms. The highest BCUT2D eigenvalue weighted by atomic mass is 32.1. The van der Waals surface area contributed by atoms with Gasteiger partial charge in [0, 0.05) is 25.8 Å². The molecule has 4 rings (SSSR count). The van der Waals surface area contributed by atoms with Crippen molar-refractivity contribution >= 4 is 50.0 Å². The summed E-state index contributed by atoms with van der Waals surface area (Å²) in [6.07, 6.45) is 1.61. The average Bonchev–Trinajstić information content (AvgIpc) is 3.25. The van der Waals surface area contributed by atoms with E-state index in [1.165, 1.54) is 11.3 Å². The summed E-state index contributed by atoms with van der Waals surface area (Å²) in [4.78, 5) is 38.1. The van der Waals surface area contributed by atoms with Crippen LogP contribution in [0, 0.1) is 0 Å². The summed E-state index contributed by atoms with van der Waals surface area (Å²) in [5.74, 6) is -0.354. The standard InChI is InChI=1S/C25H27N7O2S/c1-31(2)13-14-32(25(34)30-24-29-20-9-5-6-10-22(20)35-24)16-17-11-12-21(27-15-17)23(33)28-19-8-4-3-7-18(19)26/h3-12,15H,13-14,16,26H2,1-2H3,(H,28,33)(H,29,30,34). The summed E-state index contributed by atoms with van der Waals surface area (Å²) in [7, 11) is 3.91. The number of hydrogen-bond acceptors (Lipinski definition) is 7. The molecule has 0 aliphatic rings. The number of carbonyl (C=O) groups is 2.